The number of amides is 2. The Morgan fingerprint density at radius 1 is 1.32 bits per heavy atom. The van der Waals surface area contributed by atoms with Gasteiger partial charge in [-0.15, -0.1) is 5.10 Å². The third kappa shape index (κ3) is 5.19. The van der Waals surface area contributed by atoms with E-state index in [-0.39, 0.29) is 37.2 Å². The zero-order valence-corrected chi connectivity index (χ0v) is 18.1. The van der Waals surface area contributed by atoms with Gasteiger partial charge >= 0.3 is 0 Å². The molecule has 2 N–H and O–H groups in total. The van der Waals surface area contributed by atoms with Gasteiger partial charge in [-0.2, -0.15) is 0 Å². The lowest BCUT2D eigenvalue weighted by Crippen LogP contribution is -2.49. The van der Waals surface area contributed by atoms with Crippen LogP contribution in [-0.4, -0.2) is 62.6 Å². The second kappa shape index (κ2) is 9.01. The molecule has 0 saturated carbocycles. The third-order valence-corrected chi connectivity index (χ3v) is 5.19. The number of aliphatic hydroxyl groups is 1. The lowest BCUT2D eigenvalue weighted by atomic mass is 9.85. The van der Waals surface area contributed by atoms with Crippen molar-refractivity contribution in [2.45, 2.75) is 52.0 Å². The van der Waals surface area contributed by atoms with Gasteiger partial charge < -0.3 is 20.1 Å². The van der Waals surface area contributed by atoms with Crippen LogP contribution in [0.4, 0.5) is 4.39 Å². The molecule has 0 bridgehead atoms. The number of likely N-dealkylation sites (tertiary alicyclic amines) is 1. The summed E-state index contributed by atoms with van der Waals surface area (Å²) in [7, 11) is 1.50. The van der Waals surface area contributed by atoms with Crippen LogP contribution in [-0.2, 0) is 16.2 Å². The van der Waals surface area contributed by atoms with Crippen LogP contribution in [0.25, 0.3) is 0 Å². The largest absolute Gasteiger partial charge is 0.487 e. The summed E-state index contributed by atoms with van der Waals surface area (Å²) in [4.78, 5) is 27.1. The average molecular weight is 433 g/mol. The number of likely N-dealkylation sites (N-methyl/N-ethyl adjacent to an activating group) is 1. The molecule has 0 spiro atoms. The van der Waals surface area contributed by atoms with Gasteiger partial charge in [-0.05, 0) is 29.7 Å². The number of hydrogen-bond acceptors (Lipinski definition) is 6. The first-order chi connectivity index (χ1) is 14.6. The molecule has 2 amide bonds. The maximum absolute atomic E-state index is 13.5. The molecule has 10 heteroatoms. The number of nitrogens with zero attached hydrogens (tertiary/aromatic N) is 4. The van der Waals surface area contributed by atoms with Crippen molar-refractivity contribution in [3.05, 3.63) is 42.0 Å². The van der Waals surface area contributed by atoms with Gasteiger partial charge in [-0.1, -0.05) is 26.0 Å². The van der Waals surface area contributed by atoms with Gasteiger partial charge in [0, 0.05) is 20.0 Å². The zero-order chi connectivity index (χ0) is 22.8. The topological polar surface area (TPSA) is 110 Å². The molecule has 1 aliphatic rings. The first-order valence-corrected chi connectivity index (χ1v) is 10.1. The van der Waals surface area contributed by atoms with Gasteiger partial charge in [0.25, 0.3) is 0 Å². The molecular formula is C21H28FN5O4. The first-order valence-electron chi connectivity index (χ1n) is 10.1. The van der Waals surface area contributed by atoms with E-state index in [4.69, 9.17) is 4.74 Å². The highest BCUT2D eigenvalue weighted by molar-refractivity contribution is 5.90. The minimum Gasteiger partial charge on any atom is -0.487 e. The van der Waals surface area contributed by atoms with Gasteiger partial charge in [-0.3, -0.25) is 9.59 Å². The third-order valence-electron chi connectivity index (χ3n) is 5.19. The Labute approximate surface area is 180 Å². The monoisotopic (exact) mass is 433 g/mol. The molecule has 3 atom stereocenters. The van der Waals surface area contributed by atoms with Crippen molar-refractivity contribution < 1.29 is 23.8 Å². The van der Waals surface area contributed by atoms with Crippen LogP contribution in [0.15, 0.2) is 30.5 Å². The van der Waals surface area contributed by atoms with E-state index in [1.165, 1.54) is 40.9 Å². The van der Waals surface area contributed by atoms with Crippen LogP contribution in [0.5, 0.6) is 5.75 Å². The fraction of sp³-hybridized carbons (Fsp3) is 0.524. The van der Waals surface area contributed by atoms with Gasteiger partial charge in [0.15, 0.2) is 0 Å². The summed E-state index contributed by atoms with van der Waals surface area (Å²) < 4.78 is 20.1. The zero-order valence-electron chi connectivity index (χ0n) is 18.1. The quantitative estimate of drug-likeness (QED) is 0.711. The van der Waals surface area contributed by atoms with E-state index < -0.39 is 23.6 Å². The molecule has 31 heavy (non-hydrogen) atoms. The minimum atomic E-state index is -0.762. The number of rotatable bonds is 6. The van der Waals surface area contributed by atoms with Crippen molar-refractivity contribution in [1.29, 1.82) is 0 Å². The standard InChI is InChI=1S/C21H28FN5O4/c1-21(2,3)18(20(30)26-11-15(28)9-17(26)19(29)23-4)27-10-14(24-25-27)12-31-16-7-5-13(22)6-8-16/h5-8,10,15,17-18,28H,9,11-12H2,1-4H3,(H,23,29)/t15-,17+,18-/m1/s1. The van der Waals surface area contributed by atoms with Crippen LogP contribution < -0.4 is 10.1 Å². The predicted octanol–water partition coefficient (Wildman–Crippen LogP) is 1.29. The smallest absolute Gasteiger partial charge is 0.248 e. The molecule has 1 fully saturated rings. The molecule has 168 valence electrons. The van der Waals surface area contributed by atoms with Crippen molar-refractivity contribution in [3.8, 4) is 5.75 Å². The highest BCUT2D eigenvalue weighted by Gasteiger charge is 2.44. The Morgan fingerprint density at radius 2 is 2.00 bits per heavy atom. The van der Waals surface area contributed by atoms with Crippen molar-refractivity contribution in [1.82, 2.24) is 25.2 Å². The van der Waals surface area contributed by atoms with E-state index in [9.17, 15) is 19.1 Å². The van der Waals surface area contributed by atoms with Crippen LogP contribution in [0.1, 0.15) is 38.9 Å². The second-order valence-electron chi connectivity index (χ2n) is 8.71. The normalized spacial score (nSPS) is 19.9. The van der Waals surface area contributed by atoms with Crippen LogP contribution in [0, 0.1) is 11.2 Å². The summed E-state index contributed by atoms with van der Waals surface area (Å²) >= 11 is 0. The number of ether oxygens (including phenoxy) is 1. The summed E-state index contributed by atoms with van der Waals surface area (Å²) in [5, 5.41) is 20.8. The molecule has 0 radical (unpaired) electrons. The van der Waals surface area contributed by atoms with Crippen molar-refractivity contribution >= 4 is 11.8 Å². The van der Waals surface area contributed by atoms with Gasteiger partial charge in [0.1, 0.15) is 36.0 Å². The Hall–Kier alpha value is -3.01. The predicted molar refractivity (Wildman–Crippen MR) is 109 cm³/mol. The van der Waals surface area contributed by atoms with E-state index in [1.807, 2.05) is 20.8 Å². The average Bonchev–Trinajstić information content (AvgIpc) is 3.32. The molecule has 0 unspecified atom stereocenters. The molecule has 1 aliphatic heterocycles. The summed E-state index contributed by atoms with van der Waals surface area (Å²) in [6, 6.07) is 4.15. The summed E-state index contributed by atoms with van der Waals surface area (Å²) in [5.41, 5.74) is -0.0450. The van der Waals surface area contributed by atoms with E-state index >= 15 is 0 Å². The van der Waals surface area contributed by atoms with E-state index in [0.717, 1.165) is 0 Å². The number of nitrogens with one attached hydrogen (secondary N) is 1. The highest BCUT2D eigenvalue weighted by Crippen LogP contribution is 2.34. The van der Waals surface area contributed by atoms with Crippen LogP contribution in [0.3, 0.4) is 0 Å². The molecule has 1 aromatic carbocycles. The first kappa shape index (κ1) is 22.7. The fourth-order valence-corrected chi connectivity index (χ4v) is 3.70. The number of hydrogen-bond donors (Lipinski definition) is 2. The van der Waals surface area contributed by atoms with Gasteiger partial charge in [-0.25, -0.2) is 9.07 Å². The Kier molecular flexibility index (Phi) is 6.59. The van der Waals surface area contributed by atoms with Gasteiger partial charge in [0.2, 0.25) is 11.8 Å². The Balaban J connectivity index is 1.79. The Bertz CT molecular complexity index is 925. The highest BCUT2D eigenvalue weighted by atomic mass is 19.1. The van der Waals surface area contributed by atoms with Gasteiger partial charge in [0.05, 0.1) is 12.3 Å². The van der Waals surface area contributed by atoms with Crippen LogP contribution in [0.2, 0.25) is 0 Å². The van der Waals surface area contributed by atoms with Crippen molar-refractivity contribution in [3.63, 3.8) is 0 Å². The number of benzene rings is 1. The molecule has 3 rings (SSSR count). The van der Waals surface area contributed by atoms with Crippen molar-refractivity contribution in [2.24, 2.45) is 5.41 Å². The maximum Gasteiger partial charge on any atom is 0.248 e. The summed E-state index contributed by atoms with van der Waals surface area (Å²) in [5.74, 6) is -0.496. The molecule has 1 saturated heterocycles. The summed E-state index contributed by atoms with van der Waals surface area (Å²) in [6.45, 7) is 5.87. The van der Waals surface area contributed by atoms with E-state index in [0.29, 0.717) is 11.4 Å². The molecule has 2 heterocycles. The lowest BCUT2D eigenvalue weighted by Gasteiger charge is -2.34. The molecule has 0 aliphatic carbocycles. The number of β-amino-alcohol motifs (C(OH)–C–C–N with tert-alkyl or cyclic N) is 1. The lowest BCUT2D eigenvalue weighted by molar-refractivity contribution is -0.144. The molecule has 9 nitrogen and oxygen atoms in total. The van der Waals surface area contributed by atoms with Crippen LogP contribution >= 0.6 is 0 Å². The maximum atomic E-state index is 13.5. The second-order valence-corrected chi connectivity index (χ2v) is 8.71. The van der Waals surface area contributed by atoms with E-state index in [2.05, 4.69) is 15.6 Å². The molecule has 1 aromatic heterocycles. The van der Waals surface area contributed by atoms with Crippen molar-refractivity contribution in [2.75, 3.05) is 13.6 Å². The fourth-order valence-electron chi connectivity index (χ4n) is 3.70. The number of aromatic nitrogens is 3. The molecule has 2 aromatic rings. The minimum absolute atomic E-state index is 0.0821. The molecular weight excluding hydrogens is 405 g/mol. The number of aliphatic hydroxyl groups excluding tert-OH is 1. The summed E-state index contributed by atoms with van der Waals surface area (Å²) in [6.07, 6.45) is 1.05. The number of halogens is 1. The van der Waals surface area contributed by atoms with E-state index in [1.54, 1.807) is 6.20 Å². The SMILES string of the molecule is CNC(=O)[C@@H]1C[C@@H](O)CN1C(=O)[C@@H](n1cc(COc2ccc(F)cc2)nn1)C(C)(C)C. The number of carbonyl (C=O) groups excluding carboxylic acids is 2. The number of carbonyl (C=O) groups is 2. The Morgan fingerprint density at radius 3 is 2.61 bits per heavy atom.